The molecule has 1 saturated heterocycles. The van der Waals surface area contributed by atoms with Crippen molar-refractivity contribution in [3.8, 4) is 0 Å². The van der Waals surface area contributed by atoms with Crippen LogP contribution in [0, 0.1) is 10.1 Å². The number of rotatable bonds is 3. The van der Waals surface area contributed by atoms with E-state index in [0.717, 1.165) is 6.42 Å². The van der Waals surface area contributed by atoms with Crippen LogP contribution in [-0.4, -0.2) is 33.8 Å². The first-order valence-electron chi connectivity index (χ1n) is 5.43. The minimum atomic E-state index is -1.11. The van der Waals surface area contributed by atoms with Crippen LogP contribution in [0.5, 0.6) is 0 Å². The van der Waals surface area contributed by atoms with E-state index >= 15 is 0 Å². The fraction of sp³-hybridized carbons (Fsp3) is 0.400. The number of carbonyl (C=O) groups is 1. The molecule has 0 spiro atoms. The highest BCUT2D eigenvalue weighted by Gasteiger charge is 2.27. The second kappa shape index (κ2) is 4.86. The fourth-order valence-corrected chi connectivity index (χ4v) is 2.04. The number of nitro groups is 1. The van der Waals surface area contributed by atoms with Gasteiger partial charge in [-0.2, -0.15) is 0 Å². The monoisotopic (exact) mass is 252 g/mol. The molecule has 0 aromatic carbocycles. The van der Waals surface area contributed by atoms with Crippen molar-refractivity contribution in [3.63, 3.8) is 0 Å². The topological polar surface area (TPSA) is 109 Å². The van der Waals surface area contributed by atoms with Gasteiger partial charge in [-0.05, 0) is 12.8 Å². The molecular formula is C10H12N4O4. The second-order valence-corrected chi connectivity index (χ2v) is 3.96. The maximum atomic E-state index is 10.7. The van der Waals surface area contributed by atoms with Gasteiger partial charge in [-0.1, -0.05) is 0 Å². The largest absolute Gasteiger partial charge is 0.465 e. The third-order valence-electron chi connectivity index (χ3n) is 2.79. The van der Waals surface area contributed by atoms with Gasteiger partial charge in [-0.3, -0.25) is 15.1 Å². The molecular weight excluding hydrogens is 240 g/mol. The third-order valence-corrected chi connectivity index (χ3v) is 2.79. The van der Waals surface area contributed by atoms with E-state index < -0.39 is 11.0 Å². The number of anilines is 1. The van der Waals surface area contributed by atoms with Gasteiger partial charge in [0.1, 0.15) is 12.4 Å². The van der Waals surface area contributed by atoms with Crippen molar-refractivity contribution in [1.29, 1.82) is 0 Å². The lowest BCUT2D eigenvalue weighted by molar-refractivity contribution is -0.385. The van der Waals surface area contributed by atoms with Crippen molar-refractivity contribution in [2.75, 3.05) is 11.4 Å². The Morgan fingerprint density at radius 3 is 3.06 bits per heavy atom. The molecule has 1 aromatic rings. The van der Waals surface area contributed by atoms with Crippen LogP contribution in [0.3, 0.4) is 0 Å². The summed E-state index contributed by atoms with van der Waals surface area (Å²) in [7, 11) is 0. The van der Waals surface area contributed by atoms with Gasteiger partial charge in [0.2, 0.25) is 0 Å². The molecule has 1 amide bonds. The average Bonchev–Trinajstić information content (AvgIpc) is 2.76. The quantitative estimate of drug-likeness (QED) is 0.617. The lowest BCUT2D eigenvalue weighted by atomic mass is 10.3. The summed E-state index contributed by atoms with van der Waals surface area (Å²) >= 11 is 0. The maximum absolute atomic E-state index is 10.7. The number of hydrogen-bond acceptors (Lipinski definition) is 5. The SMILES string of the molecule is O=C(O)NC1CCCN1c1cncc([N+](=O)[O-])c1. The molecule has 1 unspecified atom stereocenters. The van der Waals surface area contributed by atoms with E-state index in [1.165, 1.54) is 18.5 Å². The van der Waals surface area contributed by atoms with Gasteiger partial charge in [-0.25, -0.2) is 4.79 Å². The summed E-state index contributed by atoms with van der Waals surface area (Å²) in [6, 6.07) is 1.40. The van der Waals surface area contributed by atoms with E-state index in [1.54, 1.807) is 4.90 Å². The Hall–Kier alpha value is -2.38. The number of nitrogens with zero attached hydrogens (tertiary/aromatic N) is 3. The van der Waals surface area contributed by atoms with Crippen LogP contribution in [-0.2, 0) is 0 Å². The molecule has 8 heteroatoms. The van der Waals surface area contributed by atoms with Crippen molar-refractivity contribution in [2.24, 2.45) is 0 Å². The van der Waals surface area contributed by atoms with Gasteiger partial charge in [0.25, 0.3) is 5.69 Å². The molecule has 0 radical (unpaired) electrons. The van der Waals surface area contributed by atoms with E-state index in [4.69, 9.17) is 5.11 Å². The number of aromatic nitrogens is 1. The normalized spacial score (nSPS) is 18.7. The molecule has 1 aliphatic rings. The highest BCUT2D eigenvalue weighted by atomic mass is 16.6. The van der Waals surface area contributed by atoms with E-state index in [1.807, 2.05) is 0 Å². The molecule has 2 N–H and O–H groups in total. The molecule has 1 aromatic heterocycles. The Kier molecular flexibility index (Phi) is 3.26. The average molecular weight is 252 g/mol. The molecule has 1 aliphatic heterocycles. The maximum Gasteiger partial charge on any atom is 0.406 e. The Morgan fingerprint density at radius 2 is 2.39 bits per heavy atom. The fourth-order valence-electron chi connectivity index (χ4n) is 2.04. The van der Waals surface area contributed by atoms with Gasteiger partial charge in [0.05, 0.1) is 16.8 Å². The molecule has 8 nitrogen and oxygen atoms in total. The van der Waals surface area contributed by atoms with Crippen molar-refractivity contribution >= 4 is 17.5 Å². The van der Waals surface area contributed by atoms with Crippen molar-refractivity contribution < 1.29 is 14.8 Å². The minimum absolute atomic E-state index is 0.103. The van der Waals surface area contributed by atoms with Crippen LogP contribution >= 0.6 is 0 Å². The highest BCUT2D eigenvalue weighted by molar-refractivity contribution is 5.66. The zero-order valence-electron chi connectivity index (χ0n) is 9.44. The standard InChI is InChI=1S/C10H12N4O4/c15-10(16)12-9-2-1-3-13(9)7-4-8(14(17)18)6-11-5-7/h4-6,9,12H,1-3H2,(H,15,16). The van der Waals surface area contributed by atoms with Crippen LogP contribution < -0.4 is 10.2 Å². The molecule has 18 heavy (non-hydrogen) atoms. The zero-order chi connectivity index (χ0) is 13.1. The van der Waals surface area contributed by atoms with Crippen LogP contribution in [0.15, 0.2) is 18.5 Å². The van der Waals surface area contributed by atoms with Crippen molar-refractivity contribution in [2.45, 2.75) is 19.0 Å². The molecule has 2 rings (SSSR count). The van der Waals surface area contributed by atoms with Gasteiger partial charge in [0.15, 0.2) is 0 Å². The number of nitrogens with one attached hydrogen (secondary N) is 1. The number of carboxylic acid groups (broad SMARTS) is 1. The summed E-state index contributed by atoms with van der Waals surface area (Å²) < 4.78 is 0. The first-order valence-corrected chi connectivity index (χ1v) is 5.43. The second-order valence-electron chi connectivity index (χ2n) is 3.96. The number of amides is 1. The summed E-state index contributed by atoms with van der Waals surface area (Å²) in [4.78, 5) is 26.4. The zero-order valence-corrected chi connectivity index (χ0v) is 9.44. The van der Waals surface area contributed by atoms with Crippen LogP contribution in [0.2, 0.25) is 0 Å². The summed E-state index contributed by atoms with van der Waals surface area (Å²) in [6.45, 7) is 0.647. The summed E-state index contributed by atoms with van der Waals surface area (Å²) in [6.07, 6.45) is 2.70. The van der Waals surface area contributed by atoms with Gasteiger partial charge < -0.3 is 15.3 Å². The molecule has 1 fully saturated rings. The van der Waals surface area contributed by atoms with Crippen molar-refractivity contribution in [1.82, 2.24) is 10.3 Å². The minimum Gasteiger partial charge on any atom is -0.465 e. The predicted octanol–water partition coefficient (Wildman–Crippen LogP) is 1.18. The number of hydrogen-bond donors (Lipinski definition) is 2. The molecule has 1 atom stereocenters. The molecule has 96 valence electrons. The van der Waals surface area contributed by atoms with E-state index in [-0.39, 0.29) is 11.9 Å². The first kappa shape index (κ1) is 12.1. The number of pyridine rings is 1. The summed E-state index contributed by atoms with van der Waals surface area (Å²) in [5, 5.41) is 21.8. The summed E-state index contributed by atoms with van der Waals surface area (Å²) in [5.74, 6) is 0. The predicted molar refractivity (Wildman–Crippen MR) is 62.4 cm³/mol. The Labute approximate surface area is 102 Å². The highest BCUT2D eigenvalue weighted by Crippen LogP contribution is 2.26. The summed E-state index contributed by atoms with van der Waals surface area (Å²) in [5.41, 5.74) is 0.453. The molecule has 0 bridgehead atoms. The van der Waals surface area contributed by atoms with Crippen LogP contribution in [0.25, 0.3) is 0 Å². The van der Waals surface area contributed by atoms with Crippen LogP contribution in [0.1, 0.15) is 12.8 Å². The van der Waals surface area contributed by atoms with Gasteiger partial charge in [0, 0.05) is 12.6 Å². The Balaban J connectivity index is 2.21. The molecule has 2 heterocycles. The lowest BCUT2D eigenvalue weighted by Crippen LogP contribution is -2.43. The lowest BCUT2D eigenvalue weighted by Gasteiger charge is -2.25. The molecule has 0 saturated carbocycles. The van der Waals surface area contributed by atoms with Gasteiger partial charge >= 0.3 is 6.09 Å². The Bertz CT molecular complexity index is 479. The van der Waals surface area contributed by atoms with Crippen molar-refractivity contribution in [3.05, 3.63) is 28.6 Å². The van der Waals surface area contributed by atoms with E-state index in [0.29, 0.717) is 18.7 Å². The smallest absolute Gasteiger partial charge is 0.406 e. The first-order chi connectivity index (χ1) is 8.58. The Morgan fingerprint density at radius 1 is 1.61 bits per heavy atom. The van der Waals surface area contributed by atoms with E-state index in [2.05, 4.69) is 10.3 Å². The third kappa shape index (κ3) is 2.47. The van der Waals surface area contributed by atoms with E-state index in [9.17, 15) is 14.9 Å². The van der Waals surface area contributed by atoms with Gasteiger partial charge in [-0.15, -0.1) is 0 Å². The van der Waals surface area contributed by atoms with Crippen LogP contribution in [0.4, 0.5) is 16.2 Å². The molecule has 0 aliphatic carbocycles.